The van der Waals surface area contributed by atoms with Crippen LogP contribution in [0.1, 0.15) is 6.92 Å². The summed E-state index contributed by atoms with van der Waals surface area (Å²) in [6.07, 6.45) is 8.60. The van der Waals surface area contributed by atoms with E-state index in [-0.39, 0.29) is 5.91 Å². The standard InChI is InChI=1S/C15H18N6O/c1-2-3-15(22)20-10-8-19(9-11-20)13-4-5-14(18-17-13)21-7-6-16-12-21/h2-7,12H,8-11H2,1H3/b3-2+. The van der Waals surface area contributed by atoms with Crippen LogP contribution < -0.4 is 4.90 Å². The molecule has 0 radical (unpaired) electrons. The van der Waals surface area contributed by atoms with Gasteiger partial charge in [-0.25, -0.2) is 4.98 Å². The number of imidazole rings is 1. The largest absolute Gasteiger partial charge is 0.352 e. The second kappa shape index (κ2) is 6.38. The molecule has 0 aromatic carbocycles. The highest BCUT2D eigenvalue weighted by Crippen LogP contribution is 2.14. The van der Waals surface area contributed by atoms with E-state index in [0.717, 1.165) is 24.7 Å². The molecule has 0 saturated carbocycles. The van der Waals surface area contributed by atoms with Crippen LogP contribution >= 0.6 is 0 Å². The van der Waals surface area contributed by atoms with Crippen molar-refractivity contribution in [2.24, 2.45) is 0 Å². The summed E-state index contributed by atoms with van der Waals surface area (Å²) in [4.78, 5) is 19.8. The minimum atomic E-state index is 0.0729. The molecule has 3 heterocycles. The zero-order valence-electron chi connectivity index (χ0n) is 12.5. The quantitative estimate of drug-likeness (QED) is 0.787. The minimum Gasteiger partial charge on any atom is -0.352 e. The topological polar surface area (TPSA) is 67.2 Å². The zero-order valence-corrected chi connectivity index (χ0v) is 12.5. The lowest BCUT2D eigenvalue weighted by atomic mass is 10.3. The predicted octanol–water partition coefficient (Wildman–Crippen LogP) is 0.887. The molecular weight excluding hydrogens is 280 g/mol. The summed E-state index contributed by atoms with van der Waals surface area (Å²) in [7, 11) is 0. The van der Waals surface area contributed by atoms with Crippen LogP contribution in [0, 0.1) is 0 Å². The average Bonchev–Trinajstić information content (AvgIpc) is 3.10. The van der Waals surface area contributed by atoms with Crippen LogP contribution in [0.4, 0.5) is 5.82 Å². The molecule has 1 fully saturated rings. The molecule has 1 saturated heterocycles. The fourth-order valence-electron chi connectivity index (χ4n) is 2.42. The third-order valence-electron chi connectivity index (χ3n) is 3.63. The van der Waals surface area contributed by atoms with Crippen LogP contribution in [-0.2, 0) is 4.79 Å². The number of anilines is 1. The van der Waals surface area contributed by atoms with E-state index >= 15 is 0 Å². The lowest BCUT2D eigenvalue weighted by Gasteiger charge is -2.34. The number of allylic oxidation sites excluding steroid dienone is 1. The Morgan fingerprint density at radius 3 is 2.45 bits per heavy atom. The van der Waals surface area contributed by atoms with E-state index in [4.69, 9.17) is 0 Å². The Morgan fingerprint density at radius 1 is 1.14 bits per heavy atom. The van der Waals surface area contributed by atoms with Gasteiger partial charge in [0.1, 0.15) is 6.33 Å². The zero-order chi connectivity index (χ0) is 15.4. The average molecular weight is 298 g/mol. The molecule has 1 amide bonds. The van der Waals surface area contributed by atoms with Gasteiger partial charge < -0.3 is 9.80 Å². The van der Waals surface area contributed by atoms with Crippen LogP contribution in [0.15, 0.2) is 43.0 Å². The van der Waals surface area contributed by atoms with E-state index in [0.29, 0.717) is 13.1 Å². The fraction of sp³-hybridized carbons (Fsp3) is 0.333. The van der Waals surface area contributed by atoms with E-state index in [1.807, 2.05) is 34.7 Å². The number of piperazine rings is 1. The van der Waals surface area contributed by atoms with Gasteiger partial charge in [-0.15, -0.1) is 10.2 Å². The molecule has 1 aliphatic heterocycles. The summed E-state index contributed by atoms with van der Waals surface area (Å²) in [5.74, 6) is 1.65. The van der Waals surface area contributed by atoms with Crippen LogP contribution in [0.2, 0.25) is 0 Å². The van der Waals surface area contributed by atoms with Gasteiger partial charge in [0, 0.05) is 38.6 Å². The summed E-state index contributed by atoms with van der Waals surface area (Å²) in [5, 5.41) is 8.49. The lowest BCUT2D eigenvalue weighted by Crippen LogP contribution is -2.48. The van der Waals surface area contributed by atoms with Gasteiger partial charge in [0.25, 0.3) is 0 Å². The fourth-order valence-corrected chi connectivity index (χ4v) is 2.42. The van der Waals surface area contributed by atoms with Crippen molar-refractivity contribution in [1.82, 2.24) is 24.6 Å². The highest BCUT2D eigenvalue weighted by molar-refractivity contribution is 5.87. The first-order valence-corrected chi connectivity index (χ1v) is 7.26. The number of hydrogen-bond acceptors (Lipinski definition) is 5. The molecule has 1 aliphatic rings. The van der Waals surface area contributed by atoms with Crippen molar-refractivity contribution >= 4 is 11.7 Å². The van der Waals surface area contributed by atoms with Crippen LogP contribution in [0.5, 0.6) is 0 Å². The lowest BCUT2D eigenvalue weighted by molar-refractivity contribution is -0.126. The molecule has 0 spiro atoms. The van der Waals surface area contributed by atoms with Crippen molar-refractivity contribution < 1.29 is 4.79 Å². The Labute approximate surface area is 128 Å². The van der Waals surface area contributed by atoms with Crippen LogP contribution in [0.3, 0.4) is 0 Å². The first-order valence-electron chi connectivity index (χ1n) is 7.26. The van der Waals surface area contributed by atoms with Gasteiger partial charge in [-0.1, -0.05) is 6.08 Å². The maximum Gasteiger partial charge on any atom is 0.246 e. The Kier molecular flexibility index (Phi) is 4.13. The summed E-state index contributed by atoms with van der Waals surface area (Å²) in [5.41, 5.74) is 0. The van der Waals surface area contributed by atoms with E-state index in [9.17, 15) is 4.79 Å². The number of carbonyl (C=O) groups is 1. The summed E-state index contributed by atoms with van der Waals surface area (Å²) in [6.45, 7) is 4.79. The third-order valence-corrected chi connectivity index (χ3v) is 3.63. The second-order valence-corrected chi connectivity index (χ2v) is 5.03. The summed E-state index contributed by atoms with van der Waals surface area (Å²) in [6, 6.07) is 3.87. The van der Waals surface area contributed by atoms with Crippen molar-refractivity contribution in [3.8, 4) is 5.82 Å². The van der Waals surface area contributed by atoms with Crippen molar-refractivity contribution in [1.29, 1.82) is 0 Å². The minimum absolute atomic E-state index is 0.0729. The van der Waals surface area contributed by atoms with Gasteiger partial charge in [-0.2, -0.15) is 0 Å². The smallest absolute Gasteiger partial charge is 0.246 e. The second-order valence-electron chi connectivity index (χ2n) is 5.03. The molecule has 7 heteroatoms. The molecule has 0 N–H and O–H groups in total. The number of nitrogens with zero attached hydrogens (tertiary/aromatic N) is 6. The van der Waals surface area contributed by atoms with Gasteiger partial charge in [0.15, 0.2) is 11.6 Å². The van der Waals surface area contributed by atoms with Gasteiger partial charge in [-0.3, -0.25) is 9.36 Å². The van der Waals surface area contributed by atoms with Crippen molar-refractivity contribution in [2.45, 2.75) is 6.92 Å². The molecular formula is C15H18N6O. The maximum atomic E-state index is 11.8. The molecule has 0 aliphatic carbocycles. The number of rotatable bonds is 3. The Balaban J connectivity index is 1.63. The van der Waals surface area contributed by atoms with Gasteiger partial charge in [-0.05, 0) is 25.1 Å². The number of aromatic nitrogens is 4. The predicted molar refractivity (Wildman–Crippen MR) is 82.8 cm³/mol. The summed E-state index contributed by atoms with van der Waals surface area (Å²) < 4.78 is 1.81. The van der Waals surface area contributed by atoms with Crippen molar-refractivity contribution in [3.05, 3.63) is 43.0 Å². The Morgan fingerprint density at radius 2 is 1.86 bits per heavy atom. The summed E-state index contributed by atoms with van der Waals surface area (Å²) >= 11 is 0. The molecule has 3 rings (SSSR count). The Hall–Kier alpha value is -2.70. The van der Waals surface area contributed by atoms with Gasteiger partial charge in [0.2, 0.25) is 5.91 Å². The number of hydrogen-bond donors (Lipinski definition) is 0. The molecule has 114 valence electrons. The first-order chi connectivity index (χ1) is 10.8. The Bertz CT molecular complexity index is 641. The van der Waals surface area contributed by atoms with E-state index in [1.165, 1.54) is 0 Å². The van der Waals surface area contributed by atoms with Gasteiger partial charge in [0.05, 0.1) is 0 Å². The normalized spacial score (nSPS) is 15.5. The molecule has 0 atom stereocenters. The van der Waals surface area contributed by atoms with Crippen LogP contribution in [0.25, 0.3) is 5.82 Å². The SMILES string of the molecule is C/C=C/C(=O)N1CCN(c2ccc(-n3ccnc3)nn2)CC1. The highest BCUT2D eigenvalue weighted by atomic mass is 16.2. The van der Waals surface area contributed by atoms with Crippen molar-refractivity contribution in [2.75, 3.05) is 31.1 Å². The monoisotopic (exact) mass is 298 g/mol. The maximum absolute atomic E-state index is 11.8. The van der Waals surface area contributed by atoms with Crippen molar-refractivity contribution in [3.63, 3.8) is 0 Å². The number of carbonyl (C=O) groups excluding carboxylic acids is 1. The molecule has 22 heavy (non-hydrogen) atoms. The van der Waals surface area contributed by atoms with Gasteiger partial charge >= 0.3 is 0 Å². The molecule has 2 aromatic rings. The highest BCUT2D eigenvalue weighted by Gasteiger charge is 2.20. The third kappa shape index (κ3) is 2.98. The van der Waals surface area contributed by atoms with E-state index in [1.54, 1.807) is 24.7 Å². The first kappa shape index (κ1) is 14.2. The number of amides is 1. The van der Waals surface area contributed by atoms with Crippen LogP contribution in [-0.4, -0.2) is 56.7 Å². The van der Waals surface area contributed by atoms with E-state index in [2.05, 4.69) is 20.1 Å². The molecule has 0 bridgehead atoms. The molecule has 7 nitrogen and oxygen atoms in total. The molecule has 2 aromatic heterocycles. The molecule has 0 unspecified atom stereocenters. The van der Waals surface area contributed by atoms with E-state index < -0.39 is 0 Å².